The van der Waals surface area contributed by atoms with Crippen LogP contribution in [0.15, 0.2) is 54.9 Å². The van der Waals surface area contributed by atoms with Crippen LogP contribution in [0.3, 0.4) is 0 Å². The zero-order chi connectivity index (χ0) is 18.2. The number of halogens is 1. The molecule has 0 radical (unpaired) electrons. The zero-order valence-corrected chi connectivity index (χ0v) is 16.7. The number of para-hydroxylation sites is 2. The van der Waals surface area contributed by atoms with Crippen molar-refractivity contribution < 1.29 is 4.74 Å². The van der Waals surface area contributed by atoms with Crippen LogP contribution in [0.5, 0.6) is 5.75 Å². The van der Waals surface area contributed by atoms with Gasteiger partial charge in [-0.25, -0.2) is 4.98 Å². The number of imidazole rings is 1. The lowest BCUT2D eigenvalue weighted by atomic mass is 10.2. The Labute approximate surface area is 171 Å². The molecule has 0 bridgehead atoms. The number of hydrogen-bond donors (Lipinski definition) is 0. The Bertz CT molecular complexity index is 1230. The van der Waals surface area contributed by atoms with E-state index in [2.05, 4.69) is 27.2 Å². The third-order valence-corrected chi connectivity index (χ3v) is 5.19. The van der Waals surface area contributed by atoms with Gasteiger partial charge in [-0.15, -0.1) is 22.6 Å². The first kappa shape index (κ1) is 18.4. The molecule has 2 aromatic carbocycles. The predicted molar refractivity (Wildman–Crippen MR) is 110 cm³/mol. The van der Waals surface area contributed by atoms with Crippen molar-refractivity contribution in [2.75, 3.05) is 0 Å². The number of ether oxygens (including phenoxy) is 1. The lowest BCUT2D eigenvalue weighted by Gasteiger charge is -2.03. The van der Waals surface area contributed by atoms with Gasteiger partial charge in [-0.1, -0.05) is 41.2 Å². The number of benzene rings is 2. The van der Waals surface area contributed by atoms with E-state index in [1.807, 2.05) is 59.4 Å². The molecule has 0 saturated heterocycles. The summed E-state index contributed by atoms with van der Waals surface area (Å²) in [5, 5.41) is 14.0. The van der Waals surface area contributed by atoms with Crippen molar-refractivity contribution in [3.05, 3.63) is 71.3 Å². The SMILES string of the molecule is Cc1ccc(OCc2nn3c(Cn4cnc5ccccc54)nnc3s2)cc1.Cl. The molecule has 3 aromatic heterocycles. The molecule has 0 N–H and O–H groups in total. The van der Waals surface area contributed by atoms with Gasteiger partial charge in [0.05, 0.1) is 23.9 Å². The number of aromatic nitrogens is 6. The molecule has 0 unspecified atom stereocenters. The van der Waals surface area contributed by atoms with Crippen molar-refractivity contribution in [1.29, 1.82) is 0 Å². The van der Waals surface area contributed by atoms with Crippen LogP contribution in [0.1, 0.15) is 16.4 Å². The first-order valence-corrected chi connectivity index (χ1v) is 9.37. The highest BCUT2D eigenvalue weighted by atomic mass is 35.5. The van der Waals surface area contributed by atoms with E-state index in [4.69, 9.17) is 4.74 Å². The summed E-state index contributed by atoms with van der Waals surface area (Å²) in [4.78, 5) is 5.18. The largest absolute Gasteiger partial charge is 0.486 e. The third-order valence-electron chi connectivity index (χ3n) is 4.32. The lowest BCUT2D eigenvalue weighted by Crippen LogP contribution is -2.05. The molecule has 7 nitrogen and oxygen atoms in total. The minimum Gasteiger partial charge on any atom is -0.486 e. The summed E-state index contributed by atoms with van der Waals surface area (Å²) < 4.78 is 9.65. The summed E-state index contributed by atoms with van der Waals surface area (Å²) in [7, 11) is 0. The van der Waals surface area contributed by atoms with Gasteiger partial charge >= 0.3 is 0 Å². The smallest absolute Gasteiger partial charge is 0.234 e. The van der Waals surface area contributed by atoms with Gasteiger partial charge in [0.2, 0.25) is 4.96 Å². The standard InChI is InChI=1S/C19H16N6OS.ClH/c1-13-6-8-14(9-7-13)26-11-18-23-25-17(21-22-19(25)27-18)10-24-12-20-15-4-2-3-5-16(15)24;/h2-9,12H,10-11H2,1H3;1H. The second kappa shape index (κ2) is 7.57. The van der Waals surface area contributed by atoms with Crippen molar-refractivity contribution in [3.63, 3.8) is 0 Å². The van der Waals surface area contributed by atoms with Crippen molar-refractivity contribution in [1.82, 2.24) is 29.4 Å². The van der Waals surface area contributed by atoms with Crippen LogP contribution in [0, 0.1) is 6.92 Å². The van der Waals surface area contributed by atoms with Crippen molar-refractivity contribution >= 4 is 39.7 Å². The molecular formula is C19H17ClN6OS. The first-order chi connectivity index (χ1) is 13.3. The van der Waals surface area contributed by atoms with E-state index < -0.39 is 0 Å². The Hall–Kier alpha value is -2.97. The molecule has 142 valence electrons. The van der Waals surface area contributed by atoms with E-state index in [1.165, 1.54) is 16.9 Å². The molecule has 0 aliphatic carbocycles. The Kier molecular flexibility index (Phi) is 4.97. The van der Waals surface area contributed by atoms with Gasteiger partial charge in [-0.2, -0.15) is 9.61 Å². The number of nitrogens with zero attached hydrogens (tertiary/aromatic N) is 6. The molecule has 9 heteroatoms. The topological polar surface area (TPSA) is 70.1 Å². The van der Waals surface area contributed by atoms with Crippen molar-refractivity contribution in [3.8, 4) is 5.75 Å². The van der Waals surface area contributed by atoms with Gasteiger partial charge < -0.3 is 9.30 Å². The Morgan fingerprint density at radius 2 is 1.86 bits per heavy atom. The van der Waals surface area contributed by atoms with Crippen LogP contribution >= 0.6 is 23.7 Å². The molecule has 28 heavy (non-hydrogen) atoms. The van der Waals surface area contributed by atoms with Gasteiger partial charge in [0.1, 0.15) is 12.4 Å². The maximum Gasteiger partial charge on any atom is 0.234 e. The Morgan fingerprint density at radius 1 is 1.04 bits per heavy atom. The number of fused-ring (bicyclic) bond motifs is 2. The highest BCUT2D eigenvalue weighted by Gasteiger charge is 2.13. The van der Waals surface area contributed by atoms with Crippen molar-refractivity contribution in [2.45, 2.75) is 20.1 Å². The molecule has 0 fully saturated rings. The fraction of sp³-hybridized carbons (Fsp3) is 0.158. The van der Waals surface area contributed by atoms with Gasteiger partial charge in [0.15, 0.2) is 10.8 Å². The van der Waals surface area contributed by atoms with E-state index in [0.717, 1.165) is 32.6 Å². The Balaban J connectivity index is 0.00000192. The van der Waals surface area contributed by atoms with E-state index in [9.17, 15) is 0 Å². The third kappa shape index (κ3) is 3.44. The van der Waals surface area contributed by atoms with E-state index >= 15 is 0 Å². The Morgan fingerprint density at radius 3 is 2.71 bits per heavy atom. The van der Waals surface area contributed by atoms with Crippen LogP contribution in [0.2, 0.25) is 0 Å². The second-order valence-electron chi connectivity index (χ2n) is 6.27. The molecule has 0 aliphatic heterocycles. The maximum absolute atomic E-state index is 5.82. The van der Waals surface area contributed by atoms with E-state index in [1.54, 1.807) is 4.52 Å². The molecule has 5 aromatic rings. The highest BCUT2D eigenvalue weighted by Crippen LogP contribution is 2.19. The summed E-state index contributed by atoms with van der Waals surface area (Å²) in [6, 6.07) is 16.0. The molecule has 0 spiro atoms. The number of aryl methyl sites for hydroxylation is 1. The van der Waals surface area contributed by atoms with E-state index in [-0.39, 0.29) is 12.4 Å². The average Bonchev–Trinajstić information content (AvgIpc) is 3.37. The number of hydrogen-bond acceptors (Lipinski definition) is 6. The second-order valence-corrected chi connectivity index (χ2v) is 7.31. The van der Waals surface area contributed by atoms with Gasteiger partial charge in [-0.05, 0) is 31.2 Å². The minimum absolute atomic E-state index is 0. The zero-order valence-electron chi connectivity index (χ0n) is 15.0. The quantitative estimate of drug-likeness (QED) is 0.438. The van der Waals surface area contributed by atoms with Crippen molar-refractivity contribution in [2.24, 2.45) is 0 Å². The van der Waals surface area contributed by atoms with Crippen LogP contribution in [0.25, 0.3) is 16.0 Å². The summed E-state index contributed by atoms with van der Waals surface area (Å²) in [6.07, 6.45) is 1.82. The van der Waals surface area contributed by atoms with E-state index in [0.29, 0.717) is 13.2 Å². The van der Waals surface area contributed by atoms with Gasteiger partial charge in [-0.3, -0.25) is 0 Å². The summed E-state index contributed by atoms with van der Waals surface area (Å²) in [5.41, 5.74) is 3.23. The molecule has 0 saturated carbocycles. The van der Waals surface area contributed by atoms with Crippen LogP contribution in [-0.2, 0) is 13.2 Å². The summed E-state index contributed by atoms with van der Waals surface area (Å²) in [5.74, 6) is 1.60. The summed E-state index contributed by atoms with van der Waals surface area (Å²) >= 11 is 1.49. The maximum atomic E-state index is 5.82. The normalized spacial score (nSPS) is 11.0. The first-order valence-electron chi connectivity index (χ1n) is 8.55. The fourth-order valence-electron chi connectivity index (χ4n) is 2.92. The minimum atomic E-state index is 0. The molecule has 0 aliphatic rings. The predicted octanol–water partition coefficient (Wildman–Crippen LogP) is 3.89. The molecule has 0 atom stereocenters. The fourth-order valence-corrected chi connectivity index (χ4v) is 3.69. The summed E-state index contributed by atoms with van der Waals surface area (Å²) in [6.45, 7) is 3.02. The monoisotopic (exact) mass is 412 g/mol. The molecule has 5 rings (SSSR count). The molecule has 3 heterocycles. The number of rotatable bonds is 5. The van der Waals surface area contributed by atoms with Gasteiger partial charge in [0.25, 0.3) is 0 Å². The van der Waals surface area contributed by atoms with Gasteiger partial charge in [0, 0.05) is 0 Å². The van der Waals surface area contributed by atoms with Crippen LogP contribution in [0.4, 0.5) is 0 Å². The average molecular weight is 413 g/mol. The van der Waals surface area contributed by atoms with Crippen LogP contribution < -0.4 is 4.74 Å². The lowest BCUT2D eigenvalue weighted by molar-refractivity contribution is 0.304. The molecular weight excluding hydrogens is 396 g/mol. The molecule has 0 amide bonds. The van der Waals surface area contributed by atoms with Crippen LogP contribution in [-0.4, -0.2) is 29.4 Å². The highest BCUT2D eigenvalue weighted by molar-refractivity contribution is 7.16.